The van der Waals surface area contributed by atoms with E-state index in [-0.39, 0.29) is 36.3 Å². The molecule has 5 unspecified atom stereocenters. The minimum absolute atomic E-state index is 0.0440. The van der Waals surface area contributed by atoms with Crippen molar-refractivity contribution in [3.8, 4) is 0 Å². The van der Waals surface area contributed by atoms with E-state index in [4.69, 9.17) is 14.2 Å². The van der Waals surface area contributed by atoms with E-state index in [1.165, 1.54) is 0 Å². The molecule has 10 atom stereocenters. The molecule has 0 N–H and O–H groups in total. The van der Waals surface area contributed by atoms with Gasteiger partial charge >= 0.3 is 0 Å². The zero-order valence-corrected chi connectivity index (χ0v) is 16.6. The summed E-state index contributed by atoms with van der Waals surface area (Å²) in [5.74, 6) is 2.00. The second kappa shape index (κ2) is 7.84. The fraction of sp³-hybridized carbons (Fsp3) is 0.950. The van der Waals surface area contributed by atoms with Crippen LogP contribution in [0.3, 0.4) is 0 Å². The maximum absolute atomic E-state index is 12.1. The summed E-state index contributed by atoms with van der Waals surface area (Å²) in [6, 6.07) is 0. The maximum Gasteiger partial charge on any atom is 0.161 e. The summed E-state index contributed by atoms with van der Waals surface area (Å²) < 4.78 is 18.7. The molecule has 2 rings (SSSR count). The van der Waals surface area contributed by atoms with Gasteiger partial charge in [-0.3, -0.25) is 4.79 Å². The lowest BCUT2D eigenvalue weighted by Gasteiger charge is -2.48. The molecule has 24 heavy (non-hydrogen) atoms. The number of hydrogen-bond acceptors (Lipinski definition) is 4. The number of carbonyl (C=O) groups is 1. The minimum atomic E-state index is -0.489. The van der Waals surface area contributed by atoms with Crippen molar-refractivity contribution in [2.24, 2.45) is 29.6 Å². The van der Waals surface area contributed by atoms with Gasteiger partial charge in [0.15, 0.2) is 12.1 Å². The molecule has 0 amide bonds. The lowest BCUT2D eigenvalue weighted by atomic mass is 9.77. The number of carbonyl (C=O) groups excluding carboxylic acids is 1. The highest BCUT2D eigenvalue weighted by Gasteiger charge is 2.46. The van der Waals surface area contributed by atoms with Crippen LogP contribution in [0.4, 0.5) is 0 Å². The van der Waals surface area contributed by atoms with Crippen LogP contribution < -0.4 is 0 Å². The van der Waals surface area contributed by atoms with Gasteiger partial charge in [0.1, 0.15) is 6.10 Å². The molecule has 0 aromatic rings. The van der Waals surface area contributed by atoms with Crippen LogP contribution in [-0.4, -0.2) is 36.5 Å². The molecule has 2 aliphatic rings. The molecule has 0 bridgehead atoms. The molecule has 4 nitrogen and oxygen atoms in total. The number of rotatable bonds is 4. The van der Waals surface area contributed by atoms with E-state index in [1.54, 1.807) is 6.92 Å². The van der Waals surface area contributed by atoms with Crippen molar-refractivity contribution in [2.75, 3.05) is 0 Å². The van der Waals surface area contributed by atoms with Crippen LogP contribution in [0.25, 0.3) is 0 Å². The van der Waals surface area contributed by atoms with Gasteiger partial charge in [-0.25, -0.2) is 0 Å². The van der Waals surface area contributed by atoms with Crippen molar-refractivity contribution in [2.45, 2.75) is 92.5 Å². The molecule has 2 saturated heterocycles. The Labute approximate surface area is 147 Å². The predicted molar refractivity (Wildman–Crippen MR) is 94.7 cm³/mol. The molecule has 2 aliphatic heterocycles. The molecule has 0 aromatic heterocycles. The van der Waals surface area contributed by atoms with E-state index in [9.17, 15) is 4.79 Å². The molecule has 4 heteroatoms. The van der Waals surface area contributed by atoms with Crippen LogP contribution in [0, 0.1) is 29.6 Å². The first kappa shape index (κ1) is 19.9. The van der Waals surface area contributed by atoms with E-state index in [0.29, 0.717) is 23.7 Å². The fourth-order valence-corrected chi connectivity index (χ4v) is 4.22. The van der Waals surface area contributed by atoms with E-state index in [1.807, 2.05) is 6.92 Å². The van der Waals surface area contributed by atoms with Crippen LogP contribution in [-0.2, 0) is 19.0 Å². The highest BCUT2D eigenvalue weighted by Crippen LogP contribution is 2.40. The molecule has 0 radical (unpaired) electrons. The molecule has 0 spiro atoms. The SMILES string of the molecule is CCC1O[C@H](O[C@@H]2C(C(C)=O)OC(C)C(C)[C@H]2C)C(C)[C@@H](C)[C@@H]1C. The predicted octanol–water partition coefficient (Wildman–Crippen LogP) is 4.06. The molecular weight excluding hydrogens is 304 g/mol. The van der Waals surface area contributed by atoms with Gasteiger partial charge in [-0.05, 0) is 43.9 Å². The van der Waals surface area contributed by atoms with Crippen LogP contribution >= 0.6 is 0 Å². The Bertz CT molecular complexity index is 435. The summed E-state index contributed by atoms with van der Waals surface area (Å²) in [6.45, 7) is 16.9. The van der Waals surface area contributed by atoms with Crippen molar-refractivity contribution >= 4 is 5.78 Å². The molecule has 2 fully saturated rings. The van der Waals surface area contributed by atoms with Crippen molar-refractivity contribution in [1.82, 2.24) is 0 Å². The molecule has 140 valence electrons. The summed E-state index contributed by atoms with van der Waals surface area (Å²) >= 11 is 0. The van der Waals surface area contributed by atoms with Crippen LogP contribution in [0.2, 0.25) is 0 Å². The third kappa shape index (κ3) is 3.71. The van der Waals surface area contributed by atoms with E-state index >= 15 is 0 Å². The standard InChI is InChI=1S/C20H36O4/c1-9-17-12(4)10(2)14(6)20(23-17)24-18-13(5)11(3)16(8)22-19(18)15(7)21/h10-14,16-20H,9H2,1-8H3/t10-,11?,12-,13+,14?,16?,17?,18-,19?,20+/m0/s1. The van der Waals surface area contributed by atoms with Crippen LogP contribution in [0.15, 0.2) is 0 Å². The third-order valence-corrected chi connectivity index (χ3v) is 6.83. The van der Waals surface area contributed by atoms with E-state index in [2.05, 4.69) is 41.5 Å². The Morgan fingerprint density at radius 1 is 0.875 bits per heavy atom. The summed E-state index contributed by atoms with van der Waals surface area (Å²) in [6.07, 6.45) is 0.280. The van der Waals surface area contributed by atoms with Gasteiger partial charge < -0.3 is 14.2 Å². The Morgan fingerprint density at radius 2 is 1.50 bits per heavy atom. The fourth-order valence-electron chi connectivity index (χ4n) is 4.22. The maximum atomic E-state index is 12.1. The first-order chi connectivity index (χ1) is 11.2. The number of ether oxygens (including phenoxy) is 3. The third-order valence-electron chi connectivity index (χ3n) is 6.83. The lowest BCUT2D eigenvalue weighted by molar-refractivity contribution is -0.295. The second-order valence-corrected chi connectivity index (χ2v) is 8.22. The Kier molecular flexibility index (Phi) is 6.49. The van der Waals surface area contributed by atoms with Crippen molar-refractivity contribution < 1.29 is 19.0 Å². The molecule has 0 saturated carbocycles. The molecule has 2 heterocycles. The van der Waals surface area contributed by atoms with E-state index < -0.39 is 6.10 Å². The second-order valence-electron chi connectivity index (χ2n) is 8.22. The van der Waals surface area contributed by atoms with Gasteiger partial charge in [0.2, 0.25) is 0 Å². The van der Waals surface area contributed by atoms with Gasteiger partial charge in [-0.1, -0.05) is 41.5 Å². The van der Waals surface area contributed by atoms with Gasteiger partial charge in [0.25, 0.3) is 0 Å². The average Bonchev–Trinajstić information content (AvgIpc) is 2.54. The molecule has 0 aliphatic carbocycles. The highest BCUT2D eigenvalue weighted by molar-refractivity contribution is 5.81. The number of ketones is 1. The van der Waals surface area contributed by atoms with E-state index in [0.717, 1.165) is 6.42 Å². The average molecular weight is 341 g/mol. The highest BCUT2D eigenvalue weighted by atomic mass is 16.7. The van der Waals surface area contributed by atoms with Crippen molar-refractivity contribution in [1.29, 1.82) is 0 Å². The van der Waals surface area contributed by atoms with Gasteiger partial charge in [0.05, 0.1) is 18.3 Å². The smallest absolute Gasteiger partial charge is 0.161 e. The largest absolute Gasteiger partial charge is 0.364 e. The van der Waals surface area contributed by atoms with Crippen molar-refractivity contribution in [3.05, 3.63) is 0 Å². The number of hydrogen-bond donors (Lipinski definition) is 0. The molecular formula is C20H36O4. The Balaban J connectivity index is 2.18. The van der Waals surface area contributed by atoms with Gasteiger partial charge in [0, 0.05) is 5.92 Å². The Hall–Kier alpha value is -0.450. The Morgan fingerprint density at radius 3 is 2.04 bits per heavy atom. The first-order valence-corrected chi connectivity index (χ1v) is 9.65. The monoisotopic (exact) mass is 340 g/mol. The van der Waals surface area contributed by atoms with Gasteiger partial charge in [-0.2, -0.15) is 0 Å². The quantitative estimate of drug-likeness (QED) is 0.774. The summed E-state index contributed by atoms with van der Waals surface area (Å²) in [5, 5.41) is 0. The summed E-state index contributed by atoms with van der Waals surface area (Å²) in [5.41, 5.74) is 0. The minimum Gasteiger partial charge on any atom is -0.364 e. The van der Waals surface area contributed by atoms with Crippen molar-refractivity contribution in [3.63, 3.8) is 0 Å². The number of Topliss-reactive ketones (excluding diaryl/α,β-unsaturated/α-hetero) is 1. The topological polar surface area (TPSA) is 44.8 Å². The zero-order chi connectivity index (χ0) is 18.2. The van der Waals surface area contributed by atoms with Gasteiger partial charge in [-0.15, -0.1) is 0 Å². The zero-order valence-electron chi connectivity index (χ0n) is 16.6. The normalized spacial score (nSPS) is 49.8. The summed E-state index contributed by atoms with van der Waals surface area (Å²) in [7, 11) is 0. The van der Waals surface area contributed by atoms with Crippen LogP contribution in [0.1, 0.15) is 61.8 Å². The van der Waals surface area contributed by atoms with Crippen LogP contribution in [0.5, 0.6) is 0 Å². The lowest BCUT2D eigenvalue weighted by Crippen LogP contribution is -2.56. The molecule has 0 aromatic carbocycles. The first-order valence-electron chi connectivity index (χ1n) is 9.65. The summed E-state index contributed by atoms with van der Waals surface area (Å²) in [4.78, 5) is 12.1.